The Morgan fingerprint density at radius 3 is 3.00 bits per heavy atom. The van der Waals surface area contributed by atoms with Crippen LogP contribution in [0.25, 0.3) is 10.2 Å². The molecule has 0 aliphatic carbocycles. The molecule has 0 aliphatic heterocycles. The lowest BCUT2D eigenvalue weighted by atomic mass is 10.3. The van der Waals surface area contributed by atoms with Crippen LogP contribution in [-0.2, 0) is 11.3 Å². The number of nitrogens with zero attached hydrogens (tertiary/aromatic N) is 1. The fourth-order valence-electron chi connectivity index (χ4n) is 1.30. The molecule has 0 saturated carbocycles. The van der Waals surface area contributed by atoms with Gasteiger partial charge in [-0.25, -0.2) is 4.98 Å². The van der Waals surface area contributed by atoms with Crippen LogP contribution in [0.2, 0.25) is 0 Å². The number of hydrogen-bond acceptors (Lipinski definition) is 4. The zero-order valence-corrected chi connectivity index (χ0v) is 9.33. The molecule has 1 atom stereocenters. The number of aliphatic hydroxyl groups is 1. The molecule has 4 heteroatoms. The first kappa shape index (κ1) is 10.5. The van der Waals surface area contributed by atoms with Crippen molar-refractivity contribution in [3.8, 4) is 0 Å². The second-order valence-corrected chi connectivity index (χ2v) is 4.55. The van der Waals surface area contributed by atoms with E-state index in [9.17, 15) is 0 Å². The second kappa shape index (κ2) is 4.70. The fraction of sp³-hybridized carbons (Fsp3) is 0.364. The predicted molar refractivity (Wildman–Crippen MR) is 61.0 cm³/mol. The van der Waals surface area contributed by atoms with E-state index in [2.05, 4.69) is 4.98 Å². The van der Waals surface area contributed by atoms with Crippen molar-refractivity contribution in [2.24, 2.45) is 0 Å². The van der Waals surface area contributed by atoms with Crippen molar-refractivity contribution < 1.29 is 9.84 Å². The van der Waals surface area contributed by atoms with Crippen molar-refractivity contribution in [2.75, 3.05) is 6.61 Å². The van der Waals surface area contributed by atoms with Crippen molar-refractivity contribution in [1.29, 1.82) is 0 Å². The molecule has 0 bridgehead atoms. The van der Waals surface area contributed by atoms with Gasteiger partial charge in [0.2, 0.25) is 0 Å². The van der Waals surface area contributed by atoms with Crippen LogP contribution in [0.3, 0.4) is 0 Å². The van der Waals surface area contributed by atoms with E-state index < -0.39 is 6.10 Å². The summed E-state index contributed by atoms with van der Waals surface area (Å²) in [5, 5.41) is 9.98. The molecular formula is C11H13NO2S. The standard InChI is InChI=1S/C11H13NO2S/c1-8(13)6-14-7-11-12-9-4-2-3-5-10(9)15-11/h2-5,8,13H,6-7H2,1H3. The minimum Gasteiger partial charge on any atom is -0.391 e. The Labute approximate surface area is 92.3 Å². The third-order valence-electron chi connectivity index (χ3n) is 1.92. The normalized spacial score (nSPS) is 13.2. The quantitative estimate of drug-likeness (QED) is 0.864. The number of rotatable bonds is 4. The van der Waals surface area contributed by atoms with Crippen LogP contribution < -0.4 is 0 Å². The summed E-state index contributed by atoms with van der Waals surface area (Å²) >= 11 is 1.63. The summed E-state index contributed by atoms with van der Waals surface area (Å²) < 4.78 is 6.48. The van der Waals surface area contributed by atoms with Gasteiger partial charge < -0.3 is 9.84 Å². The molecule has 0 spiro atoms. The Bertz CT molecular complexity index is 406. The Hall–Kier alpha value is -0.970. The van der Waals surface area contributed by atoms with Crippen LogP contribution in [0.1, 0.15) is 11.9 Å². The molecule has 0 aliphatic rings. The predicted octanol–water partition coefficient (Wildman–Crippen LogP) is 2.19. The first-order valence-corrected chi connectivity index (χ1v) is 5.67. The lowest BCUT2D eigenvalue weighted by Crippen LogP contribution is -2.09. The van der Waals surface area contributed by atoms with Gasteiger partial charge >= 0.3 is 0 Å². The number of para-hydroxylation sites is 1. The van der Waals surface area contributed by atoms with E-state index in [-0.39, 0.29) is 0 Å². The van der Waals surface area contributed by atoms with Gasteiger partial charge in [-0.2, -0.15) is 0 Å². The van der Waals surface area contributed by atoms with Gasteiger partial charge in [-0.15, -0.1) is 11.3 Å². The summed E-state index contributed by atoms with van der Waals surface area (Å²) in [6.07, 6.45) is -0.417. The Morgan fingerprint density at radius 1 is 1.47 bits per heavy atom. The monoisotopic (exact) mass is 223 g/mol. The van der Waals surface area contributed by atoms with Gasteiger partial charge in [0.25, 0.3) is 0 Å². The van der Waals surface area contributed by atoms with Gasteiger partial charge in [-0.05, 0) is 19.1 Å². The Morgan fingerprint density at radius 2 is 2.27 bits per heavy atom. The smallest absolute Gasteiger partial charge is 0.120 e. The lowest BCUT2D eigenvalue weighted by molar-refractivity contribution is 0.0376. The number of benzene rings is 1. The highest BCUT2D eigenvalue weighted by Crippen LogP contribution is 2.21. The fourth-order valence-corrected chi connectivity index (χ4v) is 2.20. The molecule has 0 fully saturated rings. The molecule has 0 amide bonds. The molecule has 1 aromatic carbocycles. The molecule has 1 heterocycles. The van der Waals surface area contributed by atoms with Crippen LogP contribution in [0, 0.1) is 0 Å². The lowest BCUT2D eigenvalue weighted by Gasteiger charge is -2.03. The van der Waals surface area contributed by atoms with E-state index in [1.165, 1.54) is 4.70 Å². The third-order valence-corrected chi connectivity index (χ3v) is 2.93. The van der Waals surface area contributed by atoms with Crippen LogP contribution in [-0.4, -0.2) is 22.8 Å². The van der Waals surface area contributed by atoms with Gasteiger partial charge in [-0.3, -0.25) is 0 Å². The first-order valence-electron chi connectivity index (χ1n) is 4.86. The molecule has 0 saturated heterocycles. The number of hydrogen-bond donors (Lipinski definition) is 1. The van der Waals surface area contributed by atoms with Crippen molar-refractivity contribution >= 4 is 21.6 Å². The van der Waals surface area contributed by atoms with Crippen molar-refractivity contribution in [3.05, 3.63) is 29.3 Å². The minimum absolute atomic E-state index is 0.357. The highest BCUT2D eigenvalue weighted by molar-refractivity contribution is 7.18. The molecule has 0 radical (unpaired) electrons. The number of aromatic nitrogens is 1. The maximum absolute atomic E-state index is 9.03. The molecule has 15 heavy (non-hydrogen) atoms. The van der Waals surface area contributed by atoms with Gasteiger partial charge in [0, 0.05) is 0 Å². The zero-order valence-electron chi connectivity index (χ0n) is 8.51. The van der Waals surface area contributed by atoms with E-state index in [0.717, 1.165) is 10.5 Å². The topological polar surface area (TPSA) is 42.4 Å². The highest BCUT2D eigenvalue weighted by Gasteiger charge is 2.03. The van der Waals surface area contributed by atoms with E-state index in [4.69, 9.17) is 9.84 Å². The van der Waals surface area contributed by atoms with Gasteiger partial charge in [-0.1, -0.05) is 12.1 Å². The van der Waals surface area contributed by atoms with Gasteiger partial charge in [0.05, 0.1) is 29.5 Å². The number of fused-ring (bicyclic) bond motifs is 1. The van der Waals surface area contributed by atoms with Crippen molar-refractivity contribution in [1.82, 2.24) is 4.98 Å². The summed E-state index contributed by atoms with van der Waals surface area (Å²) in [6.45, 7) is 2.54. The van der Waals surface area contributed by atoms with Crippen LogP contribution in [0.15, 0.2) is 24.3 Å². The van der Waals surface area contributed by atoms with Gasteiger partial charge in [0.15, 0.2) is 0 Å². The molecule has 80 valence electrons. The average molecular weight is 223 g/mol. The number of thiazole rings is 1. The highest BCUT2D eigenvalue weighted by atomic mass is 32.1. The largest absolute Gasteiger partial charge is 0.391 e. The number of ether oxygens (including phenoxy) is 1. The second-order valence-electron chi connectivity index (χ2n) is 3.44. The summed E-state index contributed by atoms with van der Waals surface area (Å²) in [5.74, 6) is 0. The molecule has 1 aromatic heterocycles. The van der Waals surface area contributed by atoms with E-state index in [0.29, 0.717) is 13.2 Å². The van der Waals surface area contributed by atoms with E-state index in [1.54, 1.807) is 18.3 Å². The summed E-state index contributed by atoms with van der Waals surface area (Å²) in [7, 11) is 0. The number of aliphatic hydroxyl groups excluding tert-OH is 1. The zero-order chi connectivity index (χ0) is 10.7. The summed E-state index contributed by atoms with van der Waals surface area (Å²) in [6, 6.07) is 8.01. The molecule has 2 rings (SSSR count). The van der Waals surface area contributed by atoms with Crippen molar-refractivity contribution in [3.63, 3.8) is 0 Å². The summed E-state index contributed by atoms with van der Waals surface area (Å²) in [4.78, 5) is 4.42. The Balaban J connectivity index is 2.03. The molecule has 2 aromatic rings. The van der Waals surface area contributed by atoms with Crippen LogP contribution in [0.5, 0.6) is 0 Å². The first-order chi connectivity index (χ1) is 7.25. The van der Waals surface area contributed by atoms with E-state index >= 15 is 0 Å². The maximum atomic E-state index is 9.03. The molecular weight excluding hydrogens is 210 g/mol. The van der Waals surface area contributed by atoms with Crippen LogP contribution >= 0.6 is 11.3 Å². The summed E-state index contributed by atoms with van der Waals surface area (Å²) in [5.41, 5.74) is 1.01. The maximum Gasteiger partial charge on any atom is 0.120 e. The molecule has 1 N–H and O–H groups in total. The van der Waals surface area contributed by atoms with Crippen molar-refractivity contribution in [2.45, 2.75) is 19.6 Å². The molecule has 3 nitrogen and oxygen atoms in total. The third kappa shape index (κ3) is 2.75. The van der Waals surface area contributed by atoms with Gasteiger partial charge in [0.1, 0.15) is 5.01 Å². The SMILES string of the molecule is CC(O)COCc1nc2ccccc2s1. The van der Waals surface area contributed by atoms with E-state index in [1.807, 2.05) is 24.3 Å². The minimum atomic E-state index is -0.417. The Kier molecular flexibility index (Phi) is 3.30. The average Bonchev–Trinajstić information content (AvgIpc) is 2.59. The molecule has 1 unspecified atom stereocenters. The van der Waals surface area contributed by atoms with Crippen LogP contribution in [0.4, 0.5) is 0 Å².